The number of carbonyl (C=O) groups excluding carboxylic acids is 2. The van der Waals surface area contributed by atoms with Gasteiger partial charge in [0.1, 0.15) is 6.04 Å². The Morgan fingerprint density at radius 3 is 2.29 bits per heavy atom. The minimum atomic E-state index is -0.703. The number of nitrogens with two attached hydrogens (primary N) is 1. The molecule has 2 aromatic carbocycles. The van der Waals surface area contributed by atoms with E-state index in [9.17, 15) is 9.59 Å². The fourth-order valence-electron chi connectivity index (χ4n) is 4.92. The molecule has 1 unspecified atom stereocenters. The molecule has 2 amide bonds. The van der Waals surface area contributed by atoms with Gasteiger partial charge in [0.05, 0.1) is 0 Å². The van der Waals surface area contributed by atoms with Gasteiger partial charge in [0, 0.05) is 24.3 Å². The van der Waals surface area contributed by atoms with Crippen LogP contribution in [0.5, 0.6) is 0 Å². The summed E-state index contributed by atoms with van der Waals surface area (Å²) in [5.74, 6) is 1.14. The number of amides is 2. The highest BCUT2D eigenvalue weighted by atomic mass is 16.2. The molecule has 6 nitrogen and oxygen atoms in total. The maximum absolute atomic E-state index is 13.5. The first kappa shape index (κ1) is 21.4. The van der Waals surface area contributed by atoms with Crippen molar-refractivity contribution in [2.24, 2.45) is 11.8 Å². The lowest BCUT2D eigenvalue weighted by atomic mass is 9.79. The number of nitrogen functional groups attached to an aromatic ring is 1. The fourth-order valence-corrected chi connectivity index (χ4v) is 4.92. The summed E-state index contributed by atoms with van der Waals surface area (Å²) in [5, 5.41) is 6.39. The van der Waals surface area contributed by atoms with Crippen molar-refractivity contribution < 1.29 is 9.59 Å². The number of nitrogens with one attached hydrogen (secondary N) is 2. The molecule has 2 aromatic rings. The van der Waals surface area contributed by atoms with E-state index >= 15 is 0 Å². The fraction of sp³-hybridized carbons (Fsp3) is 0.440. The second-order valence-electron chi connectivity index (χ2n) is 8.69. The Bertz CT molecular complexity index is 887. The number of piperidine rings is 2. The SMILES string of the molecule is Nc1cccc(C(=O)NC(C(=O)N2CCC(C3CCNCC3)CC2)c2ccccc2)c1. The molecule has 2 heterocycles. The Balaban J connectivity index is 1.45. The van der Waals surface area contributed by atoms with Crippen LogP contribution in [0.15, 0.2) is 54.6 Å². The Kier molecular flexibility index (Phi) is 6.87. The van der Waals surface area contributed by atoms with Gasteiger partial charge in [-0.25, -0.2) is 0 Å². The number of rotatable bonds is 5. The average Bonchev–Trinajstić information content (AvgIpc) is 2.83. The van der Waals surface area contributed by atoms with Gasteiger partial charge in [-0.1, -0.05) is 36.4 Å². The number of hydrogen-bond donors (Lipinski definition) is 3. The first-order chi connectivity index (χ1) is 15.1. The van der Waals surface area contributed by atoms with Crippen molar-refractivity contribution in [1.29, 1.82) is 0 Å². The van der Waals surface area contributed by atoms with Crippen LogP contribution in [0.2, 0.25) is 0 Å². The van der Waals surface area contributed by atoms with Crippen LogP contribution in [0.3, 0.4) is 0 Å². The predicted octanol–water partition coefficient (Wildman–Crippen LogP) is 2.98. The van der Waals surface area contributed by atoms with Gasteiger partial charge < -0.3 is 21.3 Å². The molecule has 1 atom stereocenters. The number of likely N-dealkylation sites (tertiary alicyclic amines) is 1. The third-order valence-corrected chi connectivity index (χ3v) is 6.71. The van der Waals surface area contributed by atoms with Crippen LogP contribution < -0.4 is 16.4 Å². The summed E-state index contributed by atoms with van der Waals surface area (Å²) in [4.78, 5) is 28.3. The van der Waals surface area contributed by atoms with Gasteiger partial charge in [-0.15, -0.1) is 0 Å². The lowest BCUT2D eigenvalue weighted by Gasteiger charge is -2.39. The monoisotopic (exact) mass is 420 g/mol. The quantitative estimate of drug-likeness (QED) is 0.649. The molecule has 0 bridgehead atoms. The summed E-state index contributed by atoms with van der Waals surface area (Å²) in [6.45, 7) is 3.72. The lowest BCUT2D eigenvalue weighted by molar-refractivity contribution is -0.135. The van der Waals surface area contributed by atoms with Gasteiger partial charge in [-0.05, 0) is 74.4 Å². The normalized spacial score (nSPS) is 19.0. The zero-order chi connectivity index (χ0) is 21.6. The van der Waals surface area contributed by atoms with Crippen molar-refractivity contribution in [3.8, 4) is 0 Å². The smallest absolute Gasteiger partial charge is 0.252 e. The van der Waals surface area contributed by atoms with Gasteiger partial charge in [-0.2, -0.15) is 0 Å². The van der Waals surface area contributed by atoms with Crippen LogP contribution in [0.25, 0.3) is 0 Å². The topological polar surface area (TPSA) is 87.5 Å². The molecular weight excluding hydrogens is 388 g/mol. The van der Waals surface area contributed by atoms with Crippen molar-refractivity contribution in [3.05, 3.63) is 65.7 Å². The minimum Gasteiger partial charge on any atom is -0.399 e. The molecule has 2 aliphatic heterocycles. The number of nitrogens with zero attached hydrogens (tertiary/aromatic N) is 1. The molecule has 6 heteroatoms. The highest BCUT2D eigenvalue weighted by Gasteiger charge is 2.33. The van der Waals surface area contributed by atoms with Gasteiger partial charge in [0.15, 0.2) is 0 Å². The van der Waals surface area contributed by atoms with E-state index in [1.165, 1.54) is 12.8 Å². The molecular formula is C25H32N4O2. The highest BCUT2D eigenvalue weighted by Crippen LogP contribution is 2.31. The van der Waals surface area contributed by atoms with Crippen LogP contribution in [-0.4, -0.2) is 42.9 Å². The van der Waals surface area contributed by atoms with Gasteiger partial charge >= 0.3 is 0 Å². The van der Waals surface area contributed by atoms with Gasteiger partial charge in [0.2, 0.25) is 5.91 Å². The molecule has 0 saturated carbocycles. The summed E-state index contributed by atoms with van der Waals surface area (Å²) in [6.07, 6.45) is 4.56. The Hall–Kier alpha value is -2.86. The third-order valence-electron chi connectivity index (χ3n) is 6.71. The van der Waals surface area contributed by atoms with Crippen molar-refractivity contribution in [2.75, 3.05) is 31.9 Å². The molecule has 0 radical (unpaired) electrons. The van der Waals surface area contributed by atoms with Crippen LogP contribution in [0.1, 0.15) is 47.6 Å². The van der Waals surface area contributed by atoms with E-state index < -0.39 is 6.04 Å². The molecule has 4 N–H and O–H groups in total. The number of benzene rings is 2. The zero-order valence-electron chi connectivity index (χ0n) is 17.9. The standard InChI is InChI=1S/C25H32N4O2/c26-22-8-4-7-21(17-22)24(30)28-23(20-5-2-1-3-6-20)25(31)29-15-11-19(12-16-29)18-9-13-27-14-10-18/h1-8,17-19,23,27H,9-16,26H2,(H,28,30). The molecule has 0 aromatic heterocycles. The third kappa shape index (κ3) is 5.25. The Morgan fingerprint density at radius 2 is 1.61 bits per heavy atom. The van der Waals surface area contributed by atoms with Crippen molar-refractivity contribution in [2.45, 2.75) is 31.7 Å². The number of carbonyl (C=O) groups is 2. The van der Waals surface area contributed by atoms with E-state index in [1.807, 2.05) is 35.2 Å². The minimum absolute atomic E-state index is 0.0350. The van der Waals surface area contributed by atoms with Crippen molar-refractivity contribution >= 4 is 17.5 Å². The maximum atomic E-state index is 13.5. The largest absolute Gasteiger partial charge is 0.399 e. The van der Waals surface area contributed by atoms with E-state index in [-0.39, 0.29) is 11.8 Å². The zero-order valence-corrected chi connectivity index (χ0v) is 17.9. The molecule has 2 saturated heterocycles. The van der Waals surface area contributed by atoms with Crippen LogP contribution in [0, 0.1) is 11.8 Å². The molecule has 0 aliphatic carbocycles. The van der Waals surface area contributed by atoms with Crippen molar-refractivity contribution in [1.82, 2.24) is 15.5 Å². The summed E-state index contributed by atoms with van der Waals surface area (Å²) in [6, 6.07) is 15.6. The molecule has 31 heavy (non-hydrogen) atoms. The van der Waals surface area contributed by atoms with E-state index in [0.717, 1.165) is 50.5 Å². The summed E-state index contributed by atoms with van der Waals surface area (Å²) in [5.41, 5.74) is 7.61. The van der Waals surface area contributed by atoms with E-state index in [4.69, 9.17) is 5.73 Å². The second kappa shape index (κ2) is 9.96. The Labute approximate surface area is 184 Å². The lowest BCUT2D eigenvalue weighted by Crippen LogP contribution is -2.47. The van der Waals surface area contributed by atoms with Crippen LogP contribution in [-0.2, 0) is 4.79 Å². The maximum Gasteiger partial charge on any atom is 0.252 e. The molecule has 2 fully saturated rings. The summed E-state index contributed by atoms with van der Waals surface area (Å²) in [7, 11) is 0. The molecule has 2 aliphatic rings. The number of anilines is 1. The molecule has 4 rings (SSSR count). The Morgan fingerprint density at radius 1 is 0.935 bits per heavy atom. The predicted molar refractivity (Wildman–Crippen MR) is 122 cm³/mol. The van der Waals surface area contributed by atoms with E-state index in [2.05, 4.69) is 10.6 Å². The summed E-state index contributed by atoms with van der Waals surface area (Å²) < 4.78 is 0. The second-order valence-corrected chi connectivity index (χ2v) is 8.69. The molecule has 0 spiro atoms. The van der Waals surface area contributed by atoms with E-state index in [0.29, 0.717) is 17.2 Å². The molecule has 164 valence electrons. The van der Waals surface area contributed by atoms with Crippen molar-refractivity contribution in [3.63, 3.8) is 0 Å². The highest BCUT2D eigenvalue weighted by molar-refractivity contribution is 5.98. The van der Waals surface area contributed by atoms with E-state index in [1.54, 1.807) is 24.3 Å². The van der Waals surface area contributed by atoms with Crippen LogP contribution >= 0.6 is 0 Å². The first-order valence-corrected chi connectivity index (χ1v) is 11.3. The number of hydrogen-bond acceptors (Lipinski definition) is 4. The van der Waals surface area contributed by atoms with Gasteiger partial charge in [-0.3, -0.25) is 9.59 Å². The van der Waals surface area contributed by atoms with Crippen LogP contribution in [0.4, 0.5) is 5.69 Å². The summed E-state index contributed by atoms with van der Waals surface area (Å²) >= 11 is 0. The van der Waals surface area contributed by atoms with Gasteiger partial charge in [0.25, 0.3) is 5.91 Å². The first-order valence-electron chi connectivity index (χ1n) is 11.3. The average molecular weight is 421 g/mol.